The van der Waals surface area contributed by atoms with Crippen LogP contribution in [0.5, 0.6) is 5.75 Å². The van der Waals surface area contributed by atoms with E-state index in [2.05, 4.69) is 10.9 Å². The highest BCUT2D eigenvalue weighted by Gasteiger charge is 2.09. The van der Waals surface area contributed by atoms with Gasteiger partial charge in [0.05, 0.1) is 7.11 Å². The molecule has 0 saturated heterocycles. The molecule has 26 heavy (non-hydrogen) atoms. The van der Waals surface area contributed by atoms with Crippen LogP contribution in [0.3, 0.4) is 0 Å². The molecular formula is C21H18N2O3. The largest absolute Gasteiger partial charge is 0.497 e. The van der Waals surface area contributed by atoms with Gasteiger partial charge in [-0.05, 0) is 47.5 Å². The standard InChI is InChI=1S/C21H18N2O3/c1-26-19-13-11-18(12-14-19)21(25)23-22-20(24)17-9-7-16(8-10-17)15-5-3-2-4-6-15/h2-14H,1H3,(H,22,24)(H,23,25). The summed E-state index contributed by atoms with van der Waals surface area (Å²) < 4.78 is 5.05. The summed E-state index contributed by atoms with van der Waals surface area (Å²) in [7, 11) is 1.55. The molecule has 0 aliphatic carbocycles. The minimum Gasteiger partial charge on any atom is -0.497 e. The van der Waals surface area contributed by atoms with Gasteiger partial charge in [-0.2, -0.15) is 0 Å². The fraction of sp³-hybridized carbons (Fsp3) is 0.0476. The summed E-state index contributed by atoms with van der Waals surface area (Å²) in [6.07, 6.45) is 0. The molecule has 2 N–H and O–H groups in total. The van der Waals surface area contributed by atoms with Crippen molar-refractivity contribution in [3.8, 4) is 16.9 Å². The molecule has 0 saturated carbocycles. The Morgan fingerprint density at radius 1 is 0.654 bits per heavy atom. The summed E-state index contributed by atoms with van der Waals surface area (Å²) in [5.41, 5.74) is 7.79. The first-order valence-corrected chi connectivity index (χ1v) is 8.07. The number of rotatable bonds is 4. The third-order valence-electron chi connectivity index (χ3n) is 3.90. The molecule has 0 heterocycles. The first-order chi connectivity index (χ1) is 12.7. The summed E-state index contributed by atoms with van der Waals surface area (Å²) in [5.74, 6) is -0.127. The summed E-state index contributed by atoms with van der Waals surface area (Å²) in [5, 5.41) is 0. The van der Waals surface area contributed by atoms with E-state index in [0.717, 1.165) is 11.1 Å². The molecule has 5 nitrogen and oxygen atoms in total. The first-order valence-electron chi connectivity index (χ1n) is 8.07. The molecule has 0 aliphatic heterocycles. The van der Waals surface area contributed by atoms with Crippen LogP contribution in [0, 0.1) is 0 Å². The summed E-state index contributed by atoms with van der Waals surface area (Å²) >= 11 is 0. The monoisotopic (exact) mass is 346 g/mol. The number of ether oxygens (including phenoxy) is 1. The van der Waals surface area contributed by atoms with E-state index in [9.17, 15) is 9.59 Å². The lowest BCUT2D eigenvalue weighted by atomic mass is 10.0. The van der Waals surface area contributed by atoms with Crippen molar-refractivity contribution in [1.82, 2.24) is 10.9 Å². The highest BCUT2D eigenvalue weighted by atomic mass is 16.5. The molecule has 0 bridgehead atoms. The Kier molecular flexibility index (Phi) is 5.29. The van der Waals surface area contributed by atoms with E-state index in [-0.39, 0.29) is 5.91 Å². The minimum atomic E-state index is -0.401. The average molecular weight is 346 g/mol. The number of nitrogens with one attached hydrogen (secondary N) is 2. The van der Waals surface area contributed by atoms with Crippen LogP contribution < -0.4 is 15.6 Å². The Morgan fingerprint density at radius 3 is 1.62 bits per heavy atom. The molecule has 0 spiro atoms. The molecule has 0 radical (unpaired) electrons. The van der Waals surface area contributed by atoms with Crippen LogP contribution in [0.2, 0.25) is 0 Å². The van der Waals surface area contributed by atoms with E-state index < -0.39 is 5.91 Å². The van der Waals surface area contributed by atoms with Crippen molar-refractivity contribution in [1.29, 1.82) is 0 Å². The molecule has 3 aromatic carbocycles. The highest BCUT2D eigenvalue weighted by molar-refractivity contribution is 5.99. The zero-order valence-electron chi connectivity index (χ0n) is 14.2. The lowest BCUT2D eigenvalue weighted by Crippen LogP contribution is -2.41. The maximum absolute atomic E-state index is 12.2. The van der Waals surface area contributed by atoms with Crippen LogP contribution >= 0.6 is 0 Å². The molecule has 0 atom stereocenters. The van der Waals surface area contributed by atoms with Gasteiger partial charge in [-0.15, -0.1) is 0 Å². The third-order valence-corrected chi connectivity index (χ3v) is 3.90. The van der Waals surface area contributed by atoms with Gasteiger partial charge >= 0.3 is 0 Å². The molecule has 3 aromatic rings. The van der Waals surface area contributed by atoms with E-state index in [4.69, 9.17) is 4.74 Å². The lowest BCUT2D eigenvalue weighted by molar-refractivity contribution is 0.0846. The molecule has 0 aromatic heterocycles. The van der Waals surface area contributed by atoms with Crippen LogP contribution in [-0.4, -0.2) is 18.9 Å². The van der Waals surface area contributed by atoms with E-state index in [1.165, 1.54) is 0 Å². The highest BCUT2D eigenvalue weighted by Crippen LogP contribution is 2.19. The van der Waals surface area contributed by atoms with Crippen molar-refractivity contribution in [2.45, 2.75) is 0 Å². The van der Waals surface area contributed by atoms with Crippen LogP contribution in [0.25, 0.3) is 11.1 Å². The van der Waals surface area contributed by atoms with Crippen LogP contribution in [0.15, 0.2) is 78.9 Å². The number of hydrogen-bond donors (Lipinski definition) is 2. The normalized spacial score (nSPS) is 10.0. The number of benzene rings is 3. The van der Waals surface area contributed by atoms with Gasteiger partial charge < -0.3 is 4.74 Å². The van der Waals surface area contributed by atoms with Gasteiger partial charge in [0.15, 0.2) is 0 Å². The van der Waals surface area contributed by atoms with Crippen LogP contribution in [0.4, 0.5) is 0 Å². The lowest BCUT2D eigenvalue weighted by Gasteiger charge is -2.08. The van der Waals surface area contributed by atoms with Crippen molar-refractivity contribution >= 4 is 11.8 Å². The van der Waals surface area contributed by atoms with E-state index in [1.807, 2.05) is 42.5 Å². The van der Waals surface area contributed by atoms with Gasteiger partial charge in [-0.1, -0.05) is 42.5 Å². The predicted molar refractivity (Wildman–Crippen MR) is 99.8 cm³/mol. The summed E-state index contributed by atoms with van der Waals surface area (Å²) in [6, 6.07) is 23.7. The summed E-state index contributed by atoms with van der Waals surface area (Å²) in [6.45, 7) is 0. The second-order valence-corrected chi connectivity index (χ2v) is 5.58. The molecule has 0 aliphatic rings. The van der Waals surface area contributed by atoms with E-state index in [0.29, 0.717) is 16.9 Å². The van der Waals surface area contributed by atoms with Crippen molar-refractivity contribution < 1.29 is 14.3 Å². The van der Waals surface area contributed by atoms with Crippen molar-refractivity contribution in [3.63, 3.8) is 0 Å². The Balaban J connectivity index is 1.60. The average Bonchev–Trinajstić information content (AvgIpc) is 2.72. The zero-order valence-corrected chi connectivity index (χ0v) is 14.2. The molecule has 0 fully saturated rings. The Labute approximate surface area is 151 Å². The van der Waals surface area contributed by atoms with Gasteiger partial charge in [0, 0.05) is 11.1 Å². The second-order valence-electron chi connectivity index (χ2n) is 5.58. The van der Waals surface area contributed by atoms with Gasteiger partial charge in [0.2, 0.25) is 0 Å². The van der Waals surface area contributed by atoms with Crippen molar-refractivity contribution in [2.75, 3.05) is 7.11 Å². The minimum absolute atomic E-state index is 0.383. The molecule has 130 valence electrons. The van der Waals surface area contributed by atoms with Crippen molar-refractivity contribution in [2.24, 2.45) is 0 Å². The quantitative estimate of drug-likeness (QED) is 0.711. The zero-order chi connectivity index (χ0) is 18.4. The Hall–Kier alpha value is -3.60. The van der Waals surface area contributed by atoms with Gasteiger partial charge in [-0.25, -0.2) is 0 Å². The molecule has 2 amide bonds. The second kappa shape index (κ2) is 7.98. The summed E-state index contributed by atoms with van der Waals surface area (Å²) in [4.78, 5) is 24.2. The topological polar surface area (TPSA) is 67.4 Å². The number of amides is 2. The smallest absolute Gasteiger partial charge is 0.269 e. The van der Waals surface area contributed by atoms with Crippen LogP contribution in [-0.2, 0) is 0 Å². The number of carbonyl (C=O) groups excluding carboxylic acids is 2. The number of carbonyl (C=O) groups is 2. The van der Waals surface area contributed by atoms with E-state index >= 15 is 0 Å². The third kappa shape index (κ3) is 4.08. The first kappa shape index (κ1) is 17.2. The fourth-order valence-electron chi connectivity index (χ4n) is 2.44. The SMILES string of the molecule is COc1ccc(C(=O)NNC(=O)c2ccc(-c3ccccc3)cc2)cc1. The molecule has 3 rings (SSSR count). The molecule has 0 unspecified atom stereocenters. The van der Waals surface area contributed by atoms with E-state index in [1.54, 1.807) is 43.5 Å². The predicted octanol–water partition coefficient (Wildman–Crippen LogP) is 3.44. The number of hydrogen-bond acceptors (Lipinski definition) is 3. The maximum Gasteiger partial charge on any atom is 0.269 e. The maximum atomic E-state index is 12.2. The fourth-order valence-corrected chi connectivity index (χ4v) is 2.44. The number of hydrazine groups is 1. The Morgan fingerprint density at radius 2 is 1.12 bits per heavy atom. The molecular weight excluding hydrogens is 328 g/mol. The van der Waals surface area contributed by atoms with Gasteiger partial charge in [0.1, 0.15) is 5.75 Å². The van der Waals surface area contributed by atoms with Gasteiger partial charge in [-0.3, -0.25) is 20.4 Å². The van der Waals surface area contributed by atoms with Gasteiger partial charge in [0.25, 0.3) is 11.8 Å². The van der Waals surface area contributed by atoms with Crippen molar-refractivity contribution in [3.05, 3.63) is 90.0 Å². The number of methoxy groups -OCH3 is 1. The Bertz CT molecular complexity index is 889. The molecule has 5 heteroatoms. The van der Waals surface area contributed by atoms with Crippen LogP contribution in [0.1, 0.15) is 20.7 Å².